The summed E-state index contributed by atoms with van der Waals surface area (Å²) in [6.45, 7) is 4.56. The van der Waals surface area contributed by atoms with Gasteiger partial charge in [0.2, 0.25) is 0 Å². The van der Waals surface area contributed by atoms with Gasteiger partial charge in [-0.3, -0.25) is 4.79 Å². The van der Waals surface area contributed by atoms with E-state index in [0.29, 0.717) is 31.5 Å². The second-order valence-electron chi connectivity index (χ2n) is 4.57. The number of allylic oxidation sites excluding steroid dienone is 1. The Labute approximate surface area is 112 Å². The van der Waals surface area contributed by atoms with E-state index in [1.165, 1.54) is 0 Å². The number of benzene rings is 1. The molecule has 0 saturated carbocycles. The Morgan fingerprint density at radius 2 is 2.16 bits per heavy atom. The van der Waals surface area contributed by atoms with E-state index in [1.54, 1.807) is 35.4 Å². The van der Waals surface area contributed by atoms with Crippen molar-refractivity contribution in [1.82, 2.24) is 5.06 Å². The quantitative estimate of drug-likeness (QED) is 0.778. The van der Waals surface area contributed by atoms with Crippen LogP contribution in [0.1, 0.15) is 23.2 Å². The molecule has 4 nitrogen and oxygen atoms in total. The van der Waals surface area contributed by atoms with Gasteiger partial charge < -0.3 is 4.84 Å². The zero-order valence-electron chi connectivity index (χ0n) is 10.7. The first kappa shape index (κ1) is 13.5. The lowest BCUT2D eigenvalue weighted by Crippen LogP contribution is -2.41. The minimum Gasteiger partial charge on any atom is -0.364 e. The van der Waals surface area contributed by atoms with Gasteiger partial charge in [-0.05, 0) is 18.6 Å². The van der Waals surface area contributed by atoms with Gasteiger partial charge in [0.1, 0.15) is 5.78 Å². The Morgan fingerprint density at radius 3 is 2.84 bits per heavy atom. The molecule has 19 heavy (non-hydrogen) atoms. The van der Waals surface area contributed by atoms with Gasteiger partial charge in [0.15, 0.2) is 0 Å². The van der Waals surface area contributed by atoms with Gasteiger partial charge in [-0.2, -0.15) is 0 Å². The average molecular weight is 259 g/mol. The summed E-state index contributed by atoms with van der Waals surface area (Å²) in [6, 6.07) is 8.83. The molecule has 100 valence electrons. The molecule has 0 amide bonds. The number of piperidine rings is 1. The summed E-state index contributed by atoms with van der Waals surface area (Å²) in [4.78, 5) is 28.9. The molecule has 1 unspecified atom stereocenters. The summed E-state index contributed by atoms with van der Waals surface area (Å²) in [5.74, 6) is -0.283. The van der Waals surface area contributed by atoms with Gasteiger partial charge in [0.05, 0.1) is 5.56 Å². The van der Waals surface area contributed by atoms with Gasteiger partial charge in [-0.25, -0.2) is 4.79 Å². The first-order valence-corrected chi connectivity index (χ1v) is 6.36. The van der Waals surface area contributed by atoms with E-state index in [2.05, 4.69) is 6.58 Å². The van der Waals surface area contributed by atoms with E-state index in [1.807, 2.05) is 6.07 Å². The SMILES string of the molecule is C=CCC1CN(OC(=O)c2ccccc2)CCC1=O. The molecule has 0 spiro atoms. The molecule has 1 fully saturated rings. The molecule has 0 N–H and O–H groups in total. The van der Waals surface area contributed by atoms with Crippen LogP contribution in [0.25, 0.3) is 0 Å². The molecule has 1 saturated heterocycles. The number of Topliss-reactive ketones (excluding diaryl/α,β-unsaturated/α-hetero) is 1. The van der Waals surface area contributed by atoms with Crippen molar-refractivity contribution in [3.8, 4) is 0 Å². The number of hydroxylamine groups is 2. The van der Waals surface area contributed by atoms with E-state index in [9.17, 15) is 9.59 Å². The molecule has 1 heterocycles. The van der Waals surface area contributed by atoms with Gasteiger partial charge in [-0.15, -0.1) is 11.6 Å². The van der Waals surface area contributed by atoms with Gasteiger partial charge in [-0.1, -0.05) is 24.3 Å². The number of ketones is 1. The zero-order valence-corrected chi connectivity index (χ0v) is 10.7. The Kier molecular flexibility index (Phi) is 4.47. The molecule has 1 aliphatic heterocycles. The van der Waals surface area contributed by atoms with Crippen LogP contribution in [-0.4, -0.2) is 29.9 Å². The van der Waals surface area contributed by atoms with E-state index < -0.39 is 0 Å². The van der Waals surface area contributed by atoms with Crippen LogP contribution in [0.5, 0.6) is 0 Å². The van der Waals surface area contributed by atoms with Crippen LogP contribution in [-0.2, 0) is 9.63 Å². The van der Waals surface area contributed by atoms with Crippen LogP contribution in [0.3, 0.4) is 0 Å². The number of rotatable bonds is 4. The molecule has 1 aromatic rings. The lowest BCUT2D eigenvalue weighted by molar-refractivity contribution is -0.151. The van der Waals surface area contributed by atoms with Crippen LogP contribution in [0.15, 0.2) is 43.0 Å². The molecule has 0 aliphatic carbocycles. The Balaban J connectivity index is 1.94. The number of hydrogen-bond donors (Lipinski definition) is 0. The lowest BCUT2D eigenvalue weighted by Gasteiger charge is -2.29. The van der Waals surface area contributed by atoms with Crippen molar-refractivity contribution in [2.75, 3.05) is 13.1 Å². The summed E-state index contributed by atoms with van der Waals surface area (Å²) in [5, 5.41) is 1.57. The molecular formula is C15H17NO3. The van der Waals surface area contributed by atoms with Crippen LogP contribution < -0.4 is 0 Å². The first-order valence-electron chi connectivity index (χ1n) is 6.36. The van der Waals surface area contributed by atoms with E-state index in [0.717, 1.165) is 0 Å². The third kappa shape index (κ3) is 3.51. The topological polar surface area (TPSA) is 46.6 Å². The van der Waals surface area contributed by atoms with E-state index >= 15 is 0 Å². The van der Waals surface area contributed by atoms with Crippen molar-refractivity contribution < 1.29 is 14.4 Å². The van der Waals surface area contributed by atoms with Gasteiger partial charge >= 0.3 is 5.97 Å². The van der Waals surface area contributed by atoms with Crippen LogP contribution >= 0.6 is 0 Å². The summed E-state index contributed by atoms with van der Waals surface area (Å²) < 4.78 is 0. The highest BCUT2D eigenvalue weighted by Crippen LogP contribution is 2.17. The molecular weight excluding hydrogens is 242 g/mol. The third-order valence-corrected chi connectivity index (χ3v) is 3.16. The monoisotopic (exact) mass is 259 g/mol. The summed E-state index contributed by atoms with van der Waals surface area (Å²) >= 11 is 0. The highest BCUT2D eigenvalue weighted by Gasteiger charge is 2.28. The molecule has 1 aliphatic rings. The fourth-order valence-electron chi connectivity index (χ4n) is 2.11. The second kappa shape index (κ2) is 6.29. The molecule has 1 atom stereocenters. The standard InChI is InChI=1S/C15H17NO3/c1-2-6-13-11-16(10-9-14(13)17)19-15(18)12-7-4-3-5-8-12/h2-5,7-8,13H,1,6,9-11H2. The van der Waals surface area contributed by atoms with Crippen molar-refractivity contribution in [2.24, 2.45) is 5.92 Å². The highest BCUT2D eigenvalue weighted by molar-refractivity contribution is 5.89. The molecule has 0 aromatic heterocycles. The Morgan fingerprint density at radius 1 is 1.42 bits per heavy atom. The number of carbonyl (C=O) groups is 2. The predicted molar refractivity (Wildman–Crippen MR) is 71.4 cm³/mol. The number of hydrogen-bond acceptors (Lipinski definition) is 4. The van der Waals surface area contributed by atoms with Gasteiger partial charge in [0.25, 0.3) is 0 Å². The van der Waals surface area contributed by atoms with Crippen molar-refractivity contribution in [2.45, 2.75) is 12.8 Å². The van der Waals surface area contributed by atoms with Crippen molar-refractivity contribution >= 4 is 11.8 Å². The minimum absolute atomic E-state index is 0.116. The maximum Gasteiger partial charge on any atom is 0.357 e. The van der Waals surface area contributed by atoms with Crippen LogP contribution in [0.2, 0.25) is 0 Å². The molecule has 2 rings (SSSR count). The van der Waals surface area contributed by atoms with Crippen LogP contribution in [0, 0.1) is 5.92 Å². The maximum atomic E-state index is 11.9. The van der Waals surface area contributed by atoms with E-state index in [-0.39, 0.29) is 17.7 Å². The molecule has 4 heteroatoms. The summed E-state index contributed by atoms with van der Waals surface area (Å²) in [5.41, 5.74) is 0.514. The Bertz CT molecular complexity index is 470. The van der Waals surface area contributed by atoms with Crippen molar-refractivity contribution in [3.05, 3.63) is 48.6 Å². The number of nitrogens with zero attached hydrogens (tertiary/aromatic N) is 1. The first-order chi connectivity index (χ1) is 9.20. The third-order valence-electron chi connectivity index (χ3n) is 3.16. The molecule has 0 radical (unpaired) electrons. The maximum absolute atomic E-state index is 11.9. The fourth-order valence-corrected chi connectivity index (χ4v) is 2.11. The van der Waals surface area contributed by atoms with Crippen molar-refractivity contribution in [1.29, 1.82) is 0 Å². The minimum atomic E-state index is -0.382. The molecule has 1 aromatic carbocycles. The highest BCUT2D eigenvalue weighted by atomic mass is 16.7. The Hall–Kier alpha value is -1.94. The predicted octanol–water partition coefficient (Wildman–Crippen LogP) is 2.23. The smallest absolute Gasteiger partial charge is 0.357 e. The second-order valence-corrected chi connectivity index (χ2v) is 4.57. The fraction of sp³-hybridized carbons (Fsp3) is 0.333. The molecule has 0 bridgehead atoms. The summed E-state index contributed by atoms with van der Waals surface area (Å²) in [7, 11) is 0. The number of carbonyl (C=O) groups excluding carboxylic acids is 2. The summed E-state index contributed by atoms with van der Waals surface area (Å²) in [6.07, 6.45) is 2.77. The van der Waals surface area contributed by atoms with Crippen molar-refractivity contribution in [3.63, 3.8) is 0 Å². The lowest BCUT2D eigenvalue weighted by atomic mass is 9.94. The van der Waals surface area contributed by atoms with E-state index in [4.69, 9.17) is 4.84 Å². The largest absolute Gasteiger partial charge is 0.364 e. The normalized spacial score (nSPS) is 20.0. The average Bonchev–Trinajstić information content (AvgIpc) is 2.44. The van der Waals surface area contributed by atoms with Gasteiger partial charge in [0, 0.05) is 25.4 Å². The van der Waals surface area contributed by atoms with Crippen LogP contribution in [0.4, 0.5) is 0 Å². The zero-order chi connectivity index (χ0) is 13.7.